The fraction of sp³-hybridized carbons (Fsp3) is 0.143. The van der Waals surface area contributed by atoms with E-state index in [4.69, 9.17) is 9.47 Å². The molecule has 0 saturated heterocycles. The maximum Gasteiger partial charge on any atom is 0.339 e. The summed E-state index contributed by atoms with van der Waals surface area (Å²) >= 11 is 3.20. The van der Waals surface area contributed by atoms with Crippen LogP contribution in [0.3, 0.4) is 0 Å². The van der Waals surface area contributed by atoms with Crippen molar-refractivity contribution in [3.63, 3.8) is 0 Å². The molecule has 0 aliphatic carbocycles. The van der Waals surface area contributed by atoms with Crippen molar-refractivity contribution >= 4 is 33.4 Å². The summed E-state index contributed by atoms with van der Waals surface area (Å²) in [5.74, 6) is 0.312. The van der Waals surface area contributed by atoms with Crippen LogP contribution in [0.2, 0.25) is 0 Å². The zero-order valence-corrected chi connectivity index (χ0v) is 13.0. The van der Waals surface area contributed by atoms with Crippen molar-refractivity contribution in [1.29, 1.82) is 0 Å². The van der Waals surface area contributed by atoms with Gasteiger partial charge in [0.05, 0.1) is 14.2 Å². The number of aromatic carboxylic acids is 1. The van der Waals surface area contributed by atoms with Gasteiger partial charge in [0.15, 0.2) is 11.5 Å². The quantitative estimate of drug-likeness (QED) is 0.859. The molecule has 2 N–H and O–H groups in total. The number of carboxylic acid groups (broad SMARTS) is 1. The number of rotatable bonds is 5. The fourth-order valence-corrected chi connectivity index (χ4v) is 2.08. The van der Waals surface area contributed by atoms with Crippen LogP contribution in [-0.2, 0) is 0 Å². The molecule has 0 aliphatic heterocycles. The minimum atomic E-state index is -1.06. The van der Waals surface area contributed by atoms with Crippen molar-refractivity contribution in [2.45, 2.75) is 0 Å². The predicted molar refractivity (Wildman–Crippen MR) is 81.7 cm³/mol. The minimum Gasteiger partial charge on any atom is -0.493 e. The van der Waals surface area contributed by atoms with Gasteiger partial charge in [0.25, 0.3) is 0 Å². The molecule has 0 spiro atoms. The third-order valence-electron chi connectivity index (χ3n) is 2.73. The SMILES string of the molecule is COc1ccc(Nc2ncc(Br)cc2C(=O)O)cc1OC. The maximum atomic E-state index is 11.2. The van der Waals surface area contributed by atoms with E-state index >= 15 is 0 Å². The number of pyridine rings is 1. The van der Waals surface area contributed by atoms with E-state index in [1.807, 2.05) is 0 Å². The molecule has 0 fully saturated rings. The molecular weight excluding hydrogens is 340 g/mol. The van der Waals surface area contributed by atoms with Crippen molar-refractivity contribution in [1.82, 2.24) is 4.98 Å². The number of methoxy groups -OCH3 is 2. The van der Waals surface area contributed by atoms with Gasteiger partial charge >= 0.3 is 5.97 Å². The predicted octanol–water partition coefficient (Wildman–Crippen LogP) is 3.30. The Morgan fingerprint density at radius 3 is 2.57 bits per heavy atom. The van der Waals surface area contributed by atoms with Crippen LogP contribution < -0.4 is 14.8 Å². The summed E-state index contributed by atoms with van der Waals surface area (Å²) in [5, 5.41) is 12.2. The van der Waals surface area contributed by atoms with Crippen LogP contribution in [-0.4, -0.2) is 30.3 Å². The molecule has 0 amide bonds. The molecule has 2 rings (SSSR count). The van der Waals surface area contributed by atoms with Crippen LogP contribution in [0.25, 0.3) is 0 Å². The summed E-state index contributed by atoms with van der Waals surface area (Å²) in [6.07, 6.45) is 1.52. The number of aromatic nitrogens is 1. The molecule has 110 valence electrons. The summed E-state index contributed by atoms with van der Waals surface area (Å²) in [5.41, 5.74) is 0.712. The third kappa shape index (κ3) is 3.43. The largest absolute Gasteiger partial charge is 0.493 e. The number of ether oxygens (including phenoxy) is 2. The smallest absolute Gasteiger partial charge is 0.339 e. The molecule has 0 bridgehead atoms. The van der Waals surface area contributed by atoms with E-state index in [0.29, 0.717) is 21.7 Å². The van der Waals surface area contributed by atoms with Gasteiger partial charge in [-0.1, -0.05) is 0 Å². The lowest BCUT2D eigenvalue weighted by atomic mass is 10.2. The Morgan fingerprint density at radius 1 is 1.24 bits per heavy atom. The van der Waals surface area contributed by atoms with E-state index in [1.54, 1.807) is 25.3 Å². The number of carboxylic acids is 1. The van der Waals surface area contributed by atoms with Crippen LogP contribution in [0.1, 0.15) is 10.4 Å². The van der Waals surface area contributed by atoms with Gasteiger partial charge in [-0.05, 0) is 34.1 Å². The van der Waals surface area contributed by atoms with Gasteiger partial charge in [-0.15, -0.1) is 0 Å². The van der Waals surface area contributed by atoms with Gasteiger partial charge in [-0.3, -0.25) is 0 Å². The van der Waals surface area contributed by atoms with Crippen molar-refractivity contribution < 1.29 is 19.4 Å². The number of nitrogens with zero attached hydrogens (tertiary/aromatic N) is 1. The highest BCUT2D eigenvalue weighted by Gasteiger charge is 2.13. The molecule has 0 aliphatic rings. The molecule has 1 aromatic carbocycles. The van der Waals surface area contributed by atoms with E-state index in [2.05, 4.69) is 26.2 Å². The first-order chi connectivity index (χ1) is 10.0. The molecule has 1 heterocycles. The lowest BCUT2D eigenvalue weighted by Gasteiger charge is -2.12. The molecule has 0 saturated carbocycles. The van der Waals surface area contributed by atoms with E-state index in [1.165, 1.54) is 19.4 Å². The van der Waals surface area contributed by atoms with E-state index in [9.17, 15) is 9.90 Å². The normalized spacial score (nSPS) is 10.0. The first-order valence-corrected chi connectivity index (χ1v) is 6.72. The third-order valence-corrected chi connectivity index (χ3v) is 3.16. The highest BCUT2D eigenvalue weighted by molar-refractivity contribution is 9.10. The number of benzene rings is 1. The standard InChI is InChI=1S/C14H13BrN2O4/c1-20-11-4-3-9(6-12(11)21-2)17-13-10(14(18)19)5-8(15)7-16-13/h3-7H,1-2H3,(H,16,17)(H,18,19). The first kappa shape index (κ1) is 15.1. The van der Waals surface area contributed by atoms with Crippen molar-refractivity contribution in [3.05, 3.63) is 40.5 Å². The van der Waals surface area contributed by atoms with Gasteiger partial charge in [0.2, 0.25) is 0 Å². The Kier molecular flexibility index (Phi) is 4.64. The molecule has 0 radical (unpaired) electrons. The maximum absolute atomic E-state index is 11.2. The highest BCUT2D eigenvalue weighted by atomic mass is 79.9. The molecule has 0 atom stereocenters. The number of nitrogens with one attached hydrogen (secondary N) is 1. The minimum absolute atomic E-state index is 0.0687. The zero-order valence-electron chi connectivity index (χ0n) is 11.4. The monoisotopic (exact) mass is 352 g/mol. The number of carbonyl (C=O) groups is 1. The number of anilines is 2. The molecule has 2 aromatic rings. The van der Waals surface area contributed by atoms with E-state index in [-0.39, 0.29) is 11.4 Å². The van der Waals surface area contributed by atoms with Gasteiger partial charge in [-0.25, -0.2) is 9.78 Å². The lowest BCUT2D eigenvalue weighted by Crippen LogP contribution is -2.05. The average Bonchev–Trinajstić information content (AvgIpc) is 2.48. The molecule has 1 aromatic heterocycles. The molecule has 7 heteroatoms. The van der Waals surface area contributed by atoms with Gasteiger partial charge in [0.1, 0.15) is 11.4 Å². The van der Waals surface area contributed by atoms with Crippen molar-refractivity contribution in [2.24, 2.45) is 0 Å². The zero-order chi connectivity index (χ0) is 15.4. The van der Waals surface area contributed by atoms with Gasteiger partial charge in [-0.2, -0.15) is 0 Å². The van der Waals surface area contributed by atoms with Crippen LogP contribution in [0.4, 0.5) is 11.5 Å². The molecule has 6 nitrogen and oxygen atoms in total. The molecule has 0 unspecified atom stereocenters. The Hall–Kier alpha value is -2.28. The van der Waals surface area contributed by atoms with Crippen LogP contribution in [0, 0.1) is 0 Å². The van der Waals surface area contributed by atoms with E-state index < -0.39 is 5.97 Å². The highest BCUT2D eigenvalue weighted by Crippen LogP contribution is 2.31. The second-order valence-electron chi connectivity index (χ2n) is 4.05. The molecule has 21 heavy (non-hydrogen) atoms. The number of hydrogen-bond donors (Lipinski definition) is 2. The average molecular weight is 353 g/mol. The Morgan fingerprint density at radius 2 is 1.95 bits per heavy atom. The summed E-state index contributed by atoms with van der Waals surface area (Å²) in [4.78, 5) is 15.3. The number of halogens is 1. The summed E-state index contributed by atoms with van der Waals surface area (Å²) in [6.45, 7) is 0. The number of hydrogen-bond acceptors (Lipinski definition) is 5. The van der Waals surface area contributed by atoms with Crippen LogP contribution in [0.5, 0.6) is 11.5 Å². The second-order valence-corrected chi connectivity index (χ2v) is 4.97. The van der Waals surface area contributed by atoms with Crippen molar-refractivity contribution in [3.8, 4) is 11.5 Å². The van der Waals surface area contributed by atoms with Crippen LogP contribution >= 0.6 is 15.9 Å². The molecular formula is C14H13BrN2O4. The Balaban J connectivity index is 2.36. The Labute approximate surface area is 129 Å². The summed E-state index contributed by atoms with van der Waals surface area (Å²) in [6, 6.07) is 6.66. The topological polar surface area (TPSA) is 80.7 Å². The van der Waals surface area contributed by atoms with E-state index in [0.717, 1.165) is 0 Å². The summed E-state index contributed by atoms with van der Waals surface area (Å²) in [7, 11) is 3.08. The first-order valence-electron chi connectivity index (χ1n) is 5.93. The van der Waals surface area contributed by atoms with Gasteiger partial charge < -0.3 is 19.9 Å². The summed E-state index contributed by atoms with van der Waals surface area (Å²) < 4.78 is 10.9. The van der Waals surface area contributed by atoms with Crippen LogP contribution in [0.15, 0.2) is 34.9 Å². The van der Waals surface area contributed by atoms with Crippen molar-refractivity contribution in [2.75, 3.05) is 19.5 Å². The second kappa shape index (κ2) is 6.45. The fourth-order valence-electron chi connectivity index (χ4n) is 1.75. The lowest BCUT2D eigenvalue weighted by molar-refractivity contribution is 0.0697. The Bertz CT molecular complexity index is 676. The van der Waals surface area contributed by atoms with Gasteiger partial charge in [0, 0.05) is 22.4 Å².